The van der Waals surface area contributed by atoms with E-state index in [2.05, 4.69) is 11.7 Å². The molecule has 0 aromatic carbocycles. The third-order valence-electron chi connectivity index (χ3n) is 4.93. The normalized spacial score (nSPS) is 24.6. The predicted octanol–water partition coefficient (Wildman–Crippen LogP) is 3.34. The highest BCUT2D eigenvalue weighted by atomic mass is 16.5. The first-order valence-electron chi connectivity index (χ1n) is 9.78. The SMILES string of the molecule is CCCCC[C@@H](O)/C=C/[C@H]1[C@H](O)CC(=O)[C@H]1C/C=C\CCCC(=O)OC. The second-order valence-corrected chi connectivity index (χ2v) is 7.05. The molecule has 0 bridgehead atoms. The Kier molecular flexibility index (Phi) is 11.1. The molecule has 0 aromatic heterocycles. The van der Waals surface area contributed by atoms with Gasteiger partial charge in [0.2, 0.25) is 0 Å². The van der Waals surface area contributed by atoms with Crippen molar-refractivity contribution in [1.82, 2.24) is 0 Å². The molecule has 0 spiro atoms. The Morgan fingerprint density at radius 3 is 2.77 bits per heavy atom. The van der Waals surface area contributed by atoms with Crippen LogP contribution in [0.2, 0.25) is 0 Å². The molecule has 2 N–H and O–H groups in total. The van der Waals surface area contributed by atoms with Crippen LogP contribution in [0, 0.1) is 11.8 Å². The Morgan fingerprint density at radius 1 is 1.31 bits per heavy atom. The number of allylic oxidation sites excluding steroid dienone is 2. The summed E-state index contributed by atoms with van der Waals surface area (Å²) < 4.78 is 4.59. The molecule has 4 atom stereocenters. The van der Waals surface area contributed by atoms with Crippen molar-refractivity contribution in [2.24, 2.45) is 11.8 Å². The molecule has 0 radical (unpaired) electrons. The van der Waals surface area contributed by atoms with Crippen LogP contribution in [0.15, 0.2) is 24.3 Å². The summed E-state index contributed by atoms with van der Waals surface area (Å²) in [4.78, 5) is 23.2. The Hall–Kier alpha value is -1.46. The molecule has 1 fully saturated rings. The molecule has 5 nitrogen and oxygen atoms in total. The van der Waals surface area contributed by atoms with E-state index in [9.17, 15) is 19.8 Å². The maximum Gasteiger partial charge on any atom is 0.305 e. The van der Waals surface area contributed by atoms with E-state index >= 15 is 0 Å². The minimum atomic E-state index is -0.667. The number of Topliss-reactive ketones (excluding diaryl/α,β-unsaturated/α-hetero) is 1. The van der Waals surface area contributed by atoms with E-state index in [1.807, 2.05) is 18.2 Å². The van der Waals surface area contributed by atoms with Crippen LogP contribution < -0.4 is 0 Å². The van der Waals surface area contributed by atoms with Gasteiger partial charge in [-0.25, -0.2) is 0 Å². The highest BCUT2D eigenvalue weighted by Crippen LogP contribution is 2.33. The first-order valence-corrected chi connectivity index (χ1v) is 9.78. The van der Waals surface area contributed by atoms with E-state index in [-0.39, 0.29) is 30.0 Å². The zero-order valence-electron chi connectivity index (χ0n) is 16.1. The quantitative estimate of drug-likeness (QED) is 0.314. The van der Waals surface area contributed by atoms with Gasteiger partial charge in [-0.05, 0) is 25.7 Å². The number of rotatable bonds is 12. The zero-order valence-corrected chi connectivity index (χ0v) is 16.1. The van der Waals surface area contributed by atoms with Crippen LogP contribution in [0.4, 0.5) is 0 Å². The number of carbonyl (C=O) groups is 2. The van der Waals surface area contributed by atoms with E-state index in [0.717, 1.165) is 32.1 Å². The molecule has 1 rings (SSSR count). The van der Waals surface area contributed by atoms with Gasteiger partial charge in [0.15, 0.2) is 0 Å². The molecule has 0 aliphatic heterocycles. The number of methoxy groups -OCH3 is 1. The third-order valence-corrected chi connectivity index (χ3v) is 4.93. The molecule has 0 amide bonds. The molecule has 5 heteroatoms. The average molecular weight is 366 g/mol. The van der Waals surface area contributed by atoms with E-state index in [1.165, 1.54) is 7.11 Å². The molecule has 0 aromatic rings. The zero-order chi connectivity index (χ0) is 19.4. The van der Waals surface area contributed by atoms with Gasteiger partial charge in [0, 0.05) is 24.7 Å². The lowest BCUT2D eigenvalue weighted by atomic mass is 9.90. The first-order chi connectivity index (χ1) is 12.5. The summed E-state index contributed by atoms with van der Waals surface area (Å²) in [7, 11) is 1.38. The van der Waals surface area contributed by atoms with Crippen molar-refractivity contribution in [3.63, 3.8) is 0 Å². The van der Waals surface area contributed by atoms with Gasteiger partial charge < -0.3 is 14.9 Å². The van der Waals surface area contributed by atoms with E-state index in [0.29, 0.717) is 19.3 Å². The van der Waals surface area contributed by atoms with Crippen molar-refractivity contribution >= 4 is 11.8 Å². The van der Waals surface area contributed by atoms with Crippen LogP contribution in [0.1, 0.15) is 64.7 Å². The Morgan fingerprint density at radius 2 is 2.08 bits per heavy atom. The van der Waals surface area contributed by atoms with Crippen molar-refractivity contribution in [2.45, 2.75) is 76.9 Å². The summed E-state index contributed by atoms with van der Waals surface area (Å²) in [5.41, 5.74) is 0. The van der Waals surface area contributed by atoms with E-state index < -0.39 is 12.2 Å². The molecule has 148 valence electrons. The second kappa shape index (κ2) is 12.8. The monoisotopic (exact) mass is 366 g/mol. The van der Waals surface area contributed by atoms with Gasteiger partial charge in [0.05, 0.1) is 19.3 Å². The lowest BCUT2D eigenvalue weighted by Gasteiger charge is -2.16. The predicted molar refractivity (Wildman–Crippen MR) is 102 cm³/mol. The van der Waals surface area contributed by atoms with Gasteiger partial charge in [-0.15, -0.1) is 0 Å². The minimum absolute atomic E-state index is 0.0758. The van der Waals surface area contributed by atoms with Crippen molar-refractivity contribution in [3.05, 3.63) is 24.3 Å². The second-order valence-electron chi connectivity index (χ2n) is 7.05. The number of ketones is 1. The fraction of sp³-hybridized carbons (Fsp3) is 0.714. The van der Waals surface area contributed by atoms with Crippen LogP contribution in [0.25, 0.3) is 0 Å². The molecule has 26 heavy (non-hydrogen) atoms. The van der Waals surface area contributed by atoms with Crippen molar-refractivity contribution in [3.8, 4) is 0 Å². The van der Waals surface area contributed by atoms with Crippen LogP contribution in [-0.4, -0.2) is 41.3 Å². The molecule has 1 saturated carbocycles. The standard InChI is InChI=1S/C21H34O5/c1-3-4-7-10-16(22)13-14-18-17(19(23)15-20(18)24)11-8-5-6-9-12-21(25)26-2/h5,8,13-14,16-18,20,22,24H,3-4,6-7,9-12,15H2,1-2H3/b8-5-,14-13+/t16-,17+,18-,20-/m1/s1. The van der Waals surface area contributed by atoms with E-state index in [1.54, 1.807) is 6.08 Å². The maximum absolute atomic E-state index is 12.1. The number of hydrogen-bond donors (Lipinski definition) is 2. The third kappa shape index (κ3) is 8.28. The maximum atomic E-state index is 12.1. The van der Waals surface area contributed by atoms with Gasteiger partial charge in [0.25, 0.3) is 0 Å². The van der Waals surface area contributed by atoms with Gasteiger partial charge in [-0.1, -0.05) is 50.5 Å². The molecule has 0 saturated heterocycles. The smallest absolute Gasteiger partial charge is 0.305 e. The number of esters is 1. The van der Waals surface area contributed by atoms with Gasteiger partial charge in [0.1, 0.15) is 5.78 Å². The molecule has 0 unspecified atom stereocenters. The van der Waals surface area contributed by atoms with Crippen LogP contribution in [0.3, 0.4) is 0 Å². The molecule has 0 heterocycles. The van der Waals surface area contributed by atoms with Crippen LogP contribution >= 0.6 is 0 Å². The van der Waals surface area contributed by atoms with Crippen molar-refractivity contribution in [2.75, 3.05) is 7.11 Å². The number of carbonyl (C=O) groups excluding carboxylic acids is 2. The number of unbranched alkanes of at least 4 members (excludes halogenated alkanes) is 3. The molecule has 1 aliphatic rings. The van der Waals surface area contributed by atoms with Gasteiger partial charge >= 0.3 is 5.97 Å². The summed E-state index contributed by atoms with van der Waals surface area (Å²) >= 11 is 0. The Balaban J connectivity index is 2.46. The molecular weight excluding hydrogens is 332 g/mol. The molecule has 1 aliphatic carbocycles. The number of aliphatic hydroxyl groups excluding tert-OH is 2. The van der Waals surface area contributed by atoms with Crippen molar-refractivity contribution in [1.29, 1.82) is 0 Å². The lowest BCUT2D eigenvalue weighted by Crippen LogP contribution is -2.18. The average Bonchev–Trinajstić information content (AvgIpc) is 2.89. The summed E-state index contributed by atoms with van der Waals surface area (Å²) in [6.45, 7) is 2.12. The summed E-state index contributed by atoms with van der Waals surface area (Å²) in [5, 5.41) is 20.2. The topological polar surface area (TPSA) is 83.8 Å². The fourth-order valence-electron chi connectivity index (χ4n) is 3.31. The fourth-order valence-corrected chi connectivity index (χ4v) is 3.31. The van der Waals surface area contributed by atoms with Crippen LogP contribution in [-0.2, 0) is 14.3 Å². The number of ether oxygens (including phenoxy) is 1. The van der Waals surface area contributed by atoms with Crippen molar-refractivity contribution < 1.29 is 24.5 Å². The summed E-state index contributed by atoms with van der Waals surface area (Å²) in [6, 6.07) is 0. The first kappa shape index (κ1) is 22.6. The van der Waals surface area contributed by atoms with E-state index in [4.69, 9.17) is 0 Å². The molecular formula is C21H34O5. The lowest BCUT2D eigenvalue weighted by molar-refractivity contribution is -0.140. The van der Waals surface area contributed by atoms with Gasteiger partial charge in [-0.3, -0.25) is 9.59 Å². The summed E-state index contributed by atoms with van der Waals surface area (Å²) in [5.74, 6) is -0.606. The van der Waals surface area contributed by atoms with Gasteiger partial charge in [-0.2, -0.15) is 0 Å². The highest BCUT2D eigenvalue weighted by molar-refractivity contribution is 5.84. The summed E-state index contributed by atoms with van der Waals surface area (Å²) in [6.07, 6.45) is 12.8. The largest absolute Gasteiger partial charge is 0.469 e. The van der Waals surface area contributed by atoms with Crippen LogP contribution in [0.5, 0.6) is 0 Å². The minimum Gasteiger partial charge on any atom is -0.469 e. The Labute approximate surface area is 157 Å². The number of aliphatic hydroxyl groups is 2. The number of hydrogen-bond acceptors (Lipinski definition) is 5. The Bertz CT molecular complexity index is 483. The highest BCUT2D eigenvalue weighted by Gasteiger charge is 2.39.